The van der Waals surface area contributed by atoms with Crippen LogP contribution < -0.4 is 5.32 Å². The molecule has 2 N–H and O–H groups in total. The molecule has 0 aliphatic rings. The third-order valence-corrected chi connectivity index (χ3v) is 2.95. The maximum atomic E-state index is 9.02. The molecule has 0 saturated carbocycles. The molecule has 0 aliphatic carbocycles. The summed E-state index contributed by atoms with van der Waals surface area (Å²) in [4.78, 5) is 2.17. The average molecular weight is 262 g/mol. The minimum atomic E-state index is 0.185. The van der Waals surface area contributed by atoms with E-state index in [1.54, 1.807) is 0 Å². The first kappa shape index (κ1) is 15.9. The molecule has 3 nitrogen and oxygen atoms in total. The molecule has 0 radical (unpaired) electrons. The van der Waals surface area contributed by atoms with E-state index in [4.69, 9.17) is 5.11 Å². The van der Waals surface area contributed by atoms with E-state index in [1.165, 1.54) is 11.1 Å². The fourth-order valence-electron chi connectivity index (χ4n) is 1.90. The standard InChI is InChI=1S/C16H26N2O/c1-4-9-18(10-11-19)13-16-7-5-15(6-8-16)12-17-14(2)3/h4-8,14,17,19H,1,9-13H2,2-3H3. The molecule has 0 amide bonds. The summed E-state index contributed by atoms with van der Waals surface area (Å²) >= 11 is 0. The van der Waals surface area contributed by atoms with Crippen molar-refractivity contribution < 1.29 is 5.11 Å². The van der Waals surface area contributed by atoms with Crippen LogP contribution in [0.3, 0.4) is 0 Å². The Morgan fingerprint density at radius 3 is 2.42 bits per heavy atom. The minimum Gasteiger partial charge on any atom is -0.395 e. The van der Waals surface area contributed by atoms with Crippen LogP contribution in [0.1, 0.15) is 25.0 Å². The number of nitrogens with one attached hydrogen (secondary N) is 1. The summed E-state index contributed by atoms with van der Waals surface area (Å²) in [5, 5.41) is 12.4. The van der Waals surface area contributed by atoms with Crippen LogP contribution in [-0.2, 0) is 13.1 Å². The van der Waals surface area contributed by atoms with Gasteiger partial charge in [-0.25, -0.2) is 0 Å². The Bertz CT molecular complexity index is 360. The van der Waals surface area contributed by atoms with E-state index in [9.17, 15) is 0 Å². The second-order valence-corrected chi connectivity index (χ2v) is 5.10. The van der Waals surface area contributed by atoms with Gasteiger partial charge in [-0.05, 0) is 11.1 Å². The Kier molecular flexibility index (Phi) is 7.41. The lowest BCUT2D eigenvalue weighted by molar-refractivity contribution is 0.203. The molecule has 0 bridgehead atoms. The molecule has 0 aromatic heterocycles. The van der Waals surface area contributed by atoms with Gasteiger partial charge in [0.15, 0.2) is 0 Å². The molecular weight excluding hydrogens is 236 g/mol. The zero-order chi connectivity index (χ0) is 14.1. The number of hydrogen-bond donors (Lipinski definition) is 2. The van der Waals surface area contributed by atoms with Crippen molar-refractivity contribution in [3.63, 3.8) is 0 Å². The van der Waals surface area contributed by atoms with Crippen LogP contribution >= 0.6 is 0 Å². The lowest BCUT2D eigenvalue weighted by Gasteiger charge is -2.19. The molecule has 0 heterocycles. The number of aliphatic hydroxyl groups is 1. The van der Waals surface area contributed by atoms with Gasteiger partial charge >= 0.3 is 0 Å². The van der Waals surface area contributed by atoms with Crippen molar-refractivity contribution in [1.82, 2.24) is 10.2 Å². The van der Waals surface area contributed by atoms with Crippen molar-refractivity contribution in [2.75, 3.05) is 19.7 Å². The molecule has 19 heavy (non-hydrogen) atoms. The van der Waals surface area contributed by atoms with Crippen LogP contribution in [0, 0.1) is 0 Å². The van der Waals surface area contributed by atoms with E-state index in [1.807, 2.05) is 6.08 Å². The predicted octanol–water partition coefficient (Wildman–Crippen LogP) is 2.16. The molecular formula is C16H26N2O. The number of aliphatic hydroxyl groups excluding tert-OH is 1. The van der Waals surface area contributed by atoms with Crippen LogP contribution in [-0.4, -0.2) is 35.7 Å². The largest absolute Gasteiger partial charge is 0.395 e. The summed E-state index contributed by atoms with van der Waals surface area (Å²) in [5.41, 5.74) is 2.57. The topological polar surface area (TPSA) is 35.5 Å². The fraction of sp³-hybridized carbons (Fsp3) is 0.500. The Labute approximate surface area is 116 Å². The lowest BCUT2D eigenvalue weighted by Crippen LogP contribution is -2.26. The fourth-order valence-corrected chi connectivity index (χ4v) is 1.90. The zero-order valence-electron chi connectivity index (χ0n) is 12.1. The van der Waals surface area contributed by atoms with Gasteiger partial charge in [0.2, 0.25) is 0 Å². The Morgan fingerprint density at radius 2 is 1.89 bits per heavy atom. The van der Waals surface area contributed by atoms with Gasteiger partial charge in [-0.15, -0.1) is 6.58 Å². The third-order valence-electron chi connectivity index (χ3n) is 2.95. The van der Waals surface area contributed by atoms with E-state index >= 15 is 0 Å². The predicted molar refractivity (Wildman–Crippen MR) is 81.0 cm³/mol. The third kappa shape index (κ3) is 6.53. The van der Waals surface area contributed by atoms with Crippen molar-refractivity contribution in [3.05, 3.63) is 48.0 Å². The van der Waals surface area contributed by atoms with E-state index < -0.39 is 0 Å². The minimum absolute atomic E-state index is 0.185. The molecule has 0 aliphatic heterocycles. The summed E-state index contributed by atoms with van der Waals surface area (Å²) in [7, 11) is 0. The van der Waals surface area contributed by atoms with E-state index in [0.717, 1.165) is 19.6 Å². The van der Waals surface area contributed by atoms with Crippen molar-refractivity contribution in [1.29, 1.82) is 0 Å². The molecule has 0 fully saturated rings. The van der Waals surface area contributed by atoms with E-state index in [2.05, 4.69) is 54.9 Å². The van der Waals surface area contributed by atoms with Crippen molar-refractivity contribution in [2.24, 2.45) is 0 Å². The lowest BCUT2D eigenvalue weighted by atomic mass is 10.1. The van der Waals surface area contributed by atoms with E-state index in [0.29, 0.717) is 12.6 Å². The monoisotopic (exact) mass is 262 g/mol. The summed E-state index contributed by atoms with van der Waals surface area (Å²) in [6, 6.07) is 9.15. The normalized spacial score (nSPS) is 11.2. The highest BCUT2D eigenvalue weighted by molar-refractivity contribution is 5.22. The molecule has 106 valence electrons. The quantitative estimate of drug-likeness (QED) is 0.670. The first-order valence-electron chi connectivity index (χ1n) is 6.91. The maximum absolute atomic E-state index is 9.02. The van der Waals surface area contributed by atoms with Gasteiger partial charge in [-0.1, -0.05) is 44.2 Å². The second kappa shape index (κ2) is 8.86. The number of benzene rings is 1. The van der Waals surface area contributed by atoms with Crippen LogP contribution in [0.25, 0.3) is 0 Å². The van der Waals surface area contributed by atoms with Crippen LogP contribution in [0.5, 0.6) is 0 Å². The summed E-state index contributed by atoms with van der Waals surface area (Å²) < 4.78 is 0. The summed E-state index contributed by atoms with van der Waals surface area (Å²) in [5.74, 6) is 0. The first-order chi connectivity index (χ1) is 9.15. The summed E-state index contributed by atoms with van der Waals surface area (Å²) in [6.45, 7) is 11.5. The van der Waals surface area contributed by atoms with E-state index in [-0.39, 0.29) is 6.61 Å². The van der Waals surface area contributed by atoms with Gasteiger partial charge in [0.25, 0.3) is 0 Å². The highest BCUT2D eigenvalue weighted by Gasteiger charge is 2.03. The Morgan fingerprint density at radius 1 is 1.26 bits per heavy atom. The molecule has 1 aromatic rings. The number of hydrogen-bond acceptors (Lipinski definition) is 3. The van der Waals surface area contributed by atoms with Gasteiger partial charge in [0.1, 0.15) is 0 Å². The number of rotatable bonds is 9. The Hall–Kier alpha value is -1.16. The molecule has 3 heteroatoms. The molecule has 0 unspecified atom stereocenters. The molecule has 1 rings (SSSR count). The highest BCUT2D eigenvalue weighted by atomic mass is 16.3. The van der Waals surface area contributed by atoms with Gasteiger partial charge in [-0.3, -0.25) is 4.90 Å². The first-order valence-corrected chi connectivity index (χ1v) is 6.91. The smallest absolute Gasteiger partial charge is 0.0558 e. The van der Waals surface area contributed by atoms with Crippen LogP contribution in [0.2, 0.25) is 0 Å². The highest BCUT2D eigenvalue weighted by Crippen LogP contribution is 2.08. The van der Waals surface area contributed by atoms with Crippen molar-refractivity contribution >= 4 is 0 Å². The summed E-state index contributed by atoms with van der Waals surface area (Å²) in [6.07, 6.45) is 1.87. The Balaban J connectivity index is 2.52. The van der Waals surface area contributed by atoms with Crippen LogP contribution in [0.4, 0.5) is 0 Å². The SMILES string of the molecule is C=CCN(CCO)Cc1ccc(CNC(C)C)cc1. The molecule has 0 atom stereocenters. The maximum Gasteiger partial charge on any atom is 0.0558 e. The number of nitrogens with zero attached hydrogens (tertiary/aromatic N) is 1. The molecule has 1 aromatic carbocycles. The van der Waals surface area contributed by atoms with Gasteiger partial charge in [0.05, 0.1) is 6.61 Å². The average Bonchev–Trinajstić information content (AvgIpc) is 2.38. The zero-order valence-corrected chi connectivity index (χ0v) is 12.1. The van der Waals surface area contributed by atoms with Gasteiger partial charge in [-0.2, -0.15) is 0 Å². The van der Waals surface area contributed by atoms with Crippen molar-refractivity contribution in [3.8, 4) is 0 Å². The van der Waals surface area contributed by atoms with Crippen LogP contribution in [0.15, 0.2) is 36.9 Å². The van der Waals surface area contributed by atoms with Gasteiger partial charge in [0, 0.05) is 32.2 Å². The molecule has 0 spiro atoms. The molecule has 0 saturated heterocycles. The second-order valence-electron chi connectivity index (χ2n) is 5.10. The van der Waals surface area contributed by atoms with Gasteiger partial charge < -0.3 is 10.4 Å². The van der Waals surface area contributed by atoms with Crippen molar-refractivity contribution in [2.45, 2.75) is 33.0 Å².